The summed E-state index contributed by atoms with van der Waals surface area (Å²) in [6.07, 6.45) is 0. The van der Waals surface area contributed by atoms with Crippen LogP contribution in [0.25, 0.3) is 0 Å². The molecule has 0 spiro atoms. The Bertz CT molecular complexity index is 991. The first-order valence-corrected chi connectivity index (χ1v) is 8.49. The van der Waals surface area contributed by atoms with Gasteiger partial charge in [-0.3, -0.25) is 10.1 Å². The smallest absolute Gasteiger partial charge is 0.353 e. The van der Waals surface area contributed by atoms with Gasteiger partial charge in [-0.05, 0) is 24.6 Å². The largest absolute Gasteiger partial charge is 0.495 e. The number of aromatic nitrogens is 2. The van der Waals surface area contributed by atoms with E-state index >= 15 is 0 Å². The monoisotopic (exact) mass is 380 g/mol. The van der Waals surface area contributed by atoms with Crippen LogP contribution in [-0.2, 0) is 6.54 Å². The minimum Gasteiger partial charge on any atom is -0.495 e. The fourth-order valence-electron chi connectivity index (χ4n) is 2.58. The highest BCUT2D eigenvalue weighted by molar-refractivity contribution is 5.76. The van der Waals surface area contributed by atoms with Crippen LogP contribution < -0.4 is 21.1 Å². The third-order valence-corrected chi connectivity index (χ3v) is 4.02. The third kappa shape index (κ3) is 4.26. The molecule has 1 aromatic heterocycles. The summed E-state index contributed by atoms with van der Waals surface area (Å²) < 4.78 is 5.27. The second kappa shape index (κ2) is 8.21. The minimum absolute atomic E-state index is 0.0200. The van der Waals surface area contributed by atoms with Crippen LogP contribution >= 0.6 is 0 Å². The van der Waals surface area contributed by atoms with Gasteiger partial charge >= 0.3 is 5.69 Å². The first kappa shape index (κ1) is 18.9. The predicted molar refractivity (Wildman–Crippen MR) is 108 cm³/mol. The normalized spacial score (nSPS) is 10.4. The SMILES string of the molecule is COc1ccccc1Nc1nc(NCc2ccc(C)cc2)nc(N)c1[N+](=O)[O-]. The summed E-state index contributed by atoms with van der Waals surface area (Å²) in [6, 6.07) is 15.0. The first-order valence-electron chi connectivity index (χ1n) is 8.49. The van der Waals surface area contributed by atoms with Crippen molar-refractivity contribution in [2.75, 3.05) is 23.5 Å². The maximum atomic E-state index is 11.5. The molecule has 0 saturated heterocycles. The van der Waals surface area contributed by atoms with Gasteiger partial charge < -0.3 is 21.1 Å². The number of nitrogens with zero attached hydrogens (tertiary/aromatic N) is 3. The topological polar surface area (TPSA) is 128 Å². The molecule has 144 valence electrons. The predicted octanol–water partition coefficient (Wildman–Crippen LogP) is 3.64. The summed E-state index contributed by atoms with van der Waals surface area (Å²) in [4.78, 5) is 19.1. The second-order valence-corrected chi connectivity index (χ2v) is 6.05. The fourth-order valence-corrected chi connectivity index (χ4v) is 2.58. The Morgan fingerprint density at radius 1 is 1.14 bits per heavy atom. The molecule has 0 bridgehead atoms. The number of hydrogen-bond acceptors (Lipinski definition) is 8. The summed E-state index contributed by atoms with van der Waals surface area (Å²) in [7, 11) is 1.51. The van der Waals surface area contributed by atoms with Crippen LogP contribution in [0.4, 0.5) is 29.0 Å². The van der Waals surface area contributed by atoms with E-state index in [9.17, 15) is 10.1 Å². The maximum Gasteiger partial charge on any atom is 0.353 e. The van der Waals surface area contributed by atoms with E-state index in [1.165, 1.54) is 7.11 Å². The molecule has 3 aromatic rings. The first-order chi connectivity index (χ1) is 13.5. The Morgan fingerprint density at radius 3 is 2.54 bits per heavy atom. The molecule has 0 fully saturated rings. The summed E-state index contributed by atoms with van der Waals surface area (Å²) in [5.41, 5.74) is 8.13. The number of ether oxygens (including phenoxy) is 1. The Kier molecular flexibility index (Phi) is 5.54. The second-order valence-electron chi connectivity index (χ2n) is 6.05. The highest BCUT2D eigenvalue weighted by Gasteiger charge is 2.24. The van der Waals surface area contributed by atoms with Crippen LogP contribution in [0, 0.1) is 17.0 Å². The molecule has 1 heterocycles. The standard InChI is InChI=1S/C19H20N6O3/c1-12-7-9-13(10-8-12)11-21-19-23-17(20)16(25(26)27)18(24-19)22-14-5-3-4-6-15(14)28-2/h3-10H,11H2,1-2H3,(H4,20,21,22,23,24). The van der Waals surface area contributed by atoms with E-state index in [4.69, 9.17) is 10.5 Å². The molecule has 9 heteroatoms. The van der Waals surface area contributed by atoms with Gasteiger partial charge in [0.1, 0.15) is 5.75 Å². The zero-order chi connectivity index (χ0) is 20.1. The lowest BCUT2D eigenvalue weighted by molar-refractivity contribution is -0.383. The van der Waals surface area contributed by atoms with Crippen molar-refractivity contribution in [1.29, 1.82) is 0 Å². The highest BCUT2D eigenvalue weighted by Crippen LogP contribution is 2.34. The number of hydrogen-bond donors (Lipinski definition) is 3. The van der Waals surface area contributed by atoms with E-state index in [1.807, 2.05) is 31.2 Å². The lowest BCUT2D eigenvalue weighted by atomic mass is 10.1. The van der Waals surface area contributed by atoms with Gasteiger partial charge in [0.25, 0.3) is 0 Å². The summed E-state index contributed by atoms with van der Waals surface area (Å²) in [5.74, 6) is 0.446. The molecule has 3 rings (SSSR count). The van der Waals surface area contributed by atoms with Gasteiger partial charge in [-0.25, -0.2) is 0 Å². The average molecular weight is 380 g/mol. The van der Waals surface area contributed by atoms with E-state index < -0.39 is 10.6 Å². The van der Waals surface area contributed by atoms with Crippen molar-refractivity contribution in [3.05, 3.63) is 69.8 Å². The van der Waals surface area contributed by atoms with Crippen LogP contribution in [-0.4, -0.2) is 22.0 Å². The molecule has 0 aliphatic carbocycles. The number of rotatable bonds is 7. The van der Waals surface area contributed by atoms with Gasteiger partial charge in [-0.2, -0.15) is 9.97 Å². The molecule has 0 aliphatic heterocycles. The zero-order valence-electron chi connectivity index (χ0n) is 15.5. The Morgan fingerprint density at radius 2 is 1.86 bits per heavy atom. The van der Waals surface area contributed by atoms with Gasteiger partial charge in [0.15, 0.2) is 0 Å². The van der Waals surface area contributed by atoms with Gasteiger partial charge in [-0.15, -0.1) is 0 Å². The van der Waals surface area contributed by atoms with E-state index in [-0.39, 0.29) is 17.6 Å². The van der Waals surface area contributed by atoms with Gasteiger partial charge in [0.2, 0.25) is 17.6 Å². The molecule has 0 saturated carbocycles. The number of nitrogens with one attached hydrogen (secondary N) is 2. The van der Waals surface area contributed by atoms with Crippen molar-refractivity contribution in [2.45, 2.75) is 13.5 Å². The van der Waals surface area contributed by atoms with Crippen molar-refractivity contribution in [2.24, 2.45) is 0 Å². The molecular formula is C19H20N6O3. The number of para-hydroxylation sites is 2. The molecule has 2 aromatic carbocycles. The molecule has 0 amide bonds. The van der Waals surface area contributed by atoms with Crippen molar-refractivity contribution < 1.29 is 9.66 Å². The molecule has 4 N–H and O–H groups in total. The van der Waals surface area contributed by atoms with Gasteiger partial charge in [0, 0.05) is 6.54 Å². The van der Waals surface area contributed by atoms with Crippen LogP contribution in [0.5, 0.6) is 5.75 Å². The summed E-state index contributed by atoms with van der Waals surface area (Å²) >= 11 is 0. The molecule has 0 aliphatic rings. The molecule has 28 heavy (non-hydrogen) atoms. The van der Waals surface area contributed by atoms with Crippen molar-refractivity contribution in [3.63, 3.8) is 0 Å². The van der Waals surface area contributed by atoms with Gasteiger partial charge in [-0.1, -0.05) is 42.0 Å². The van der Waals surface area contributed by atoms with Gasteiger partial charge in [0.05, 0.1) is 17.7 Å². The van der Waals surface area contributed by atoms with E-state index in [1.54, 1.807) is 24.3 Å². The van der Waals surface area contributed by atoms with Crippen LogP contribution in [0.1, 0.15) is 11.1 Å². The van der Waals surface area contributed by atoms with E-state index in [0.717, 1.165) is 11.1 Å². The summed E-state index contributed by atoms with van der Waals surface area (Å²) in [6.45, 7) is 2.46. The van der Waals surface area contributed by atoms with E-state index in [2.05, 4.69) is 20.6 Å². The number of nitrogens with two attached hydrogens (primary N) is 1. The molecular weight excluding hydrogens is 360 g/mol. The Hall–Kier alpha value is -3.88. The lowest BCUT2D eigenvalue weighted by Gasteiger charge is -2.13. The minimum atomic E-state index is -0.614. The van der Waals surface area contributed by atoms with Crippen molar-refractivity contribution >= 4 is 29.0 Å². The number of aryl methyl sites for hydroxylation is 1. The quantitative estimate of drug-likeness (QED) is 0.419. The van der Waals surface area contributed by atoms with E-state index in [0.29, 0.717) is 18.0 Å². The highest BCUT2D eigenvalue weighted by atomic mass is 16.6. The average Bonchev–Trinajstić information content (AvgIpc) is 2.67. The lowest BCUT2D eigenvalue weighted by Crippen LogP contribution is -2.10. The molecule has 0 atom stereocenters. The van der Waals surface area contributed by atoms with Crippen LogP contribution in [0.3, 0.4) is 0 Å². The number of nitrogen functional groups attached to an aromatic ring is 1. The number of methoxy groups -OCH3 is 1. The molecule has 0 radical (unpaired) electrons. The molecule has 0 unspecified atom stereocenters. The van der Waals surface area contributed by atoms with Crippen LogP contribution in [0.2, 0.25) is 0 Å². The van der Waals surface area contributed by atoms with Crippen LogP contribution in [0.15, 0.2) is 48.5 Å². The number of anilines is 4. The zero-order valence-corrected chi connectivity index (χ0v) is 15.5. The number of nitro groups is 1. The summed E-state index contributed by atoms with van der Waals surface area (Å²) in [5, 5.41) is 17.4. The molecule has 9 nitrogen and oxygen atoms in total. The number of benzene rings is 2. The Balaban J connectivity index is 1.90. The van der Waals surface area contributed by atoms with Crippen molar-refractivity contribution in [1.82, 2.24) is 9.97 Å². The third-order valence-electron chi connectivity index (χ3n) is 4.02. The van der Waals surface area contributed by atoms with Crippen molar-refractivity contribution in [3.8, 4) is 5.75 Å². The maximum absolute atomic E-state index is 11.5. The Labute approximate surface area is 161 Å². The fraction of sp³-hybridized carbons (Fsp3) is 0.158.